The van der Waals surface area contributed by atoms with E-state index in [9.17, 15) is 14.0 Å². The summed E-state index contributed by atoms with van der Waals surface area (Å²) >= 11 is 0. The third kappa shape index (κ3) is 3.48. The first-order valence-corrected chi connectivity index (χ1v) is 4.12. The van der Waals surface area contributed by atoms with E-state index in [-0.39, 0.29) is 25.0 Å². The second-order valence-electron chi connectivity index (χ2n) is 2.51. The Kier molecular flexibility index (Phi) is 4.13. The molecule has 1 aromatic rings. The van der Waals surface area contributed by atoms with Crippen LogP contribution in [0.3, 0.4) is 0 Å². The predicted octanol–water partition coefficient (Wildman–Crippen LogP) is 0.0834. The number of aromatic nitrogens is 2. The molecular formula is C8H8FN3O4. The molecule has 0 spiro atoms. The lowest BCUT2D eigenvalue weighted by Gasteiger charge is -2.05. The van der Waals surface area contributed by atoms with Gasteiger partial charge in [0.2, 0.25) is 13.2 Å². The van der Waals surface area contributed by atoms with Gasteiger partial charge in [0.15, 0.2) is 11.6 Å². The van der Waals surface area contributed by atoms with Crippen molar-refractivity contribution in [2.75, 3.05) is 12.1 Å². The first kappa shape index (κ1) is 11.8. The molecule has 0 saturated heterocycles. The largest absolute Gasteiger partial charge is 0.428 e. The van der Waals surface area contributed by atoms with Gasteiger partial charge in [0.1, 0.15) is 0 Å². The molecule has 0 radical (unpaired) electrons. The van der Waals surface area contributed by atoms with Crippen LogP contribution in [0.1, 0.15) is 6.92 Å². The van der Waals surface area contributed by atoms with Gasteiger partial charge in [-0.05, 0) is 0 Å². The smallest absolute Gasteiger partial charge is 0.321 e. The van der Waals surface area contributed by atoms with Crippen LogP contribution in [0.2, 0.25) is 0 Å². The van der Waals surface area contributed by atoms with E-state index in [0.717, 1.165) is 6.20 Å². The number of rotatable bonds is 5. The van der Waals surface area contributed by atoms with Gasteiger partial charge in [-0.15, -0.1) is 0 Å². The number of carbonyl (C=O) groups is 2. The van der Waals surface area contributed by atoms with Crippen LogP contribution in [-0.2, 0) is 14.3 Å². The third-order valence-corrected chi connectivity index (χ3v) is 1.37. The zero-order valence-corrected chi connectivity index (χ0v) is 8.27. The molecule has 0 unspecified atom stereocenters. The van der Waals surface area contributed by atoms with Gasteiger partial charge in [0.25, 0.3) is 0 Å². The maximum absolute atomic E-state index is 12.9. The van der Waals surface area contributed by atoms with E-state index in [2.05, 4.69) is 14.7 Å². The van der Waals surface area contributed by atoms with Gasteiger partial charge in [0.05, 0.1) is 6.20 Å². The van der Waals surface area contributed by atoms with Crippen molar-refractivity contribution in [1.29, 1.82) is 0 Å². The van der Waals surface area contributed by atoms with Crippen LogP contribution >= 0.6 is 0 Å². The average molecular weight is 229 g/mol. The molecule has 0 bridgehead atoms. The van der Waals surface area contributed by atoms with Crippen molar-refractivity contribution in [3.05, 3.63) is 12.0 Å². The maximum atomic E-state index is 12.9. The summed E-state index contributed by atoms with van der Waals surface area (Å²) in [5.41, 5.74) is 0. The second-order valence-corrected chi connectivity index (χ2v) is 2.51. The zero-order chi connectivity index (χ0) is 12.0. The van der Waals surface area contributed by atoms with Crippen LogP contribution in [0.15, 0.2) is 6.20 Å². The monoisotopic (exact) mass is 229 g/mol. The van der Waals surface area contributed by atoms with Crippen LogP contribution in [0.5, 0.6) is 6.01 Å². The Morgan fingerprint density at radius 1 is 1.69 bits per heavy atom. The van der Waals surface area contributed by atoms with Crippen molar-refractivity contribution >= 4 is 18.2 Å². The first-order valence-electron chi connectivity index (χ1n) is 4.12. The minimum absolute atomic E-state index is 0.216. The standard InChI is InChI=1S/C8H8FN3O4/c1-5(14)15-4-16-8-10-2-6(9)7(12-8)11-3-13/h2-3H,4H2,1H3,(H,10,11,12,13). The molecular weight excluding hydrogens is 221 g/mol. The van der Waals surface area contributed by atoms with Crippen LogP contribution in [-0.4, -0.2) is 29.1 Å². The SMILES string of the molecule is CC(=O)OCOc1ncc(F)c(NC=O)n1. The quantitative estimate of drug-likeness (QED) is 0.437. The van der Waals surface area contributed by atoms with Crippen molar-refractivity contribution in [2.45, 2.75) is 6.92 Å². The number of ether oxygens (including phenoxy) is 2. The summed E-state index contributed by atoms with van der Waals surface area (Å²) in [6.45, 7) is 0.815. The zero-order valence-electron chi connectivity index (χ0n) is 8.27. The van der Waals surface area contributed by atoms with Crippen LogP contribution in [0, 0.1) is 5.82 Å². The number of nitrogens with zero attached hydrogens (tertiary/aromatic N) is 2. The Balaban J connectivity index is 2.63. The summed E-state index contributed by atoms with van der Waals surface area (Å²) in [5.74, 6) is -1.65. The number of hydrogen-bond acceptors (Lipinski definition) is 6. The molecule has 7 nitrogen and oxygen atoms in total. The van der Waals surface area contributed by atoms with E-state index in [1.807, 2.05) is 5.32 Å². The lowest BCUT2D eigenvalue weighted by Crippen LogP contribution is -2.10. The summed E-state index contributed by atoms with van der Waals surface area (Å²) in [4.78, 5) is 27.5. The van der Waals surface area contributed by atoms with Crippen molar-refractivity contribution in [3.63, 3.8) is 0 Å². The molecule has 0 aliphatic carbocycles. The number of halogens is 1. The van der Waals surface area contributed by atoms with Gasteiger partial charge < -0.3 is 14.8 Å². The van der Waals surface area contributed by atoms with Crippen molar-refractivity contribution < 1.29 is 23.5 Å². The summed E-state index contributed by atoms with van der Waals surface area (Å²) in [5, 5.41) is 2.02. The highest BCUT2D eigenvalue weighted by Crippen LogP contribution is 2.12. The van der Waals surface area contributed by atoms with Crippen LogP contribution < -0.4 is 10.1 Å². The number of nitrogens with one attached hydrogen (secondary N) is 1. The summed E-state index contributed by atoms with van der Waals surface area (Å²) in [6, 6.07) is -0.216. The predicted molar refractivity (Wildman–Crippen MR) is 48.9 cm³/mol. The maximum Gasteiger partial charge on any atom is 0.321 e. The van der Waals surface area contributed by atoms with Crippen LogP contribution in [0.4, 0.5) is 10.2 Å². The van der Waals surface area contributed by atoms with E-state index in [0.29, 0.717) is 0 Å². The summed E-state index contributed by atoms with van der Waals surface area (Å²) < 4.78 is 22.1. The van der Waals surface area contributed by atoms with Crippen molar-refractivity contribution in [3.8, 4) is 6.01 Å². The Bertz CT molecular complexity index is 399. The fraction of sp³-hybridized carbons (Fsp3) is 0.250. The molecule has 8 heteroatoms. The Labute approximate surface area is 89.6 Å². The molecule has 1 rings (SSSR count). The van der Waals surface area contributed by atoms with Crippen molar-refractivity contribution in [2.24, 2.45) is 0 Å². The van der Waals surface area contributed by atoms with Crippen LogP contribution in [0.25, 0.3) is 0 Å². The molecule has 16 heavy (non-hydrogen) atoms. The highest BCUT2D eigenvalue weighted by molar-refractivity contribution is 5.68. The number of amides is 1. The molecule has 0 saturated carbocycles. The summed E-state index contributed by atoms with van der Waals surface area (Å²) in [7, 11) is 0. The topological polar surface area (TPSA) is 90.4 Å². The fourth-order valence-electron chi connectivity index (χ4n) is 0.743. The molecule has 0 aliphatic heterocycles. The third-order valence-electron chi connectivity index (χ3n) is 1.37. The molecule has 0 atom stereocenters. The minimum Gasteiger partial charge on any atom is -0.428 e. The number of hydrogen-bond donors (Lipinski definition) is 1. The number of anilines is 1. The first-order chi connectivity index (χ1) is 7.63. The number of carbonyl (C=O) groups excluding carboxylic acids is 2. The molecule has 1 amide bonds. The van der Waals surface area contributed by atoms with Gasteiger partial charge in [-0.25, -0.2) is 9.37 Å². The van der Waals surface area contributed by atoms with Gasteiger partial charge in [-0.3, -0.25) is 9.59 Å². The van der Waals surface area contributed by atoms with Gasteiger partial charge in [-0.1, -0.05) is 0 Å². The minimum atomic E-state index is -0.799. The van der Waals surface area contributed by atoms with E-state index in [4.69, 9.17) is 4.74 Å². The van der Waals surface area contributed by atoms with Gasteiger partial charge >= 0.3 is 12.0 Å². The lowest BCUT2D eigenvalue weighted by atomic mass is 10.5. The van der Waals surface area contributed by atoms with Crippen molar-refractivity contribution in [1.82, 2.24) is 9.97 Å². The average Bonchev–Trinajstić information content (AvgIpc) is 2.22. The van der Waals surface area contributed by atoms with E-state index < -0.39 is 11.8 Å². The molecule has 0 aromatic carbocycles. The molecule has 86 valence electrons. The normalized spacial score (nSPS) is 9.38. The van der Waals surface area contributed by atoms with Gasteiger partial charge in [-0.2, -0.15) is 4.98 Å². The summed E-state index contributed by atoms with van der Waals surface area (Å²) in [6.07, 6.45) is 1.09. The lowest BCUT2D eigenvalue weighted by molar-refractivity contribution is -0.147. The Morgan fingerprint density at radius 3 is 3.06 bits per heavy atom. The van der Waals surface area contributed by atoms with E-state index in [1.165, 1.54) is 6.92 Å². The molecule has 1 heterocycles. The highest BCUT2D eigenvalue weighted by Gasteiger charge is 2.07. The molecule has 0 aliphatic rings. The number of esters is 1. The second kappa shape index (κ2) is 5.59. The van der Waals surface area contributed by atoms with E-state index in [1.54, 1.807) is 0 Å². The molecule has 1 aromatic heterocycles. The van der Waals surface area contributed by atoms with Gasteiger partial charge in [0, 0.05) is 6.92 Å². The fourth-order valence-corrected chi connectivity index (χ4v) is 0.743. The highest BCUT2D eigenvalue weighted by atomic mass is 19.1. The van der Waals surface area contributed by atoms with E-state index >= 15 is 0 Å². The molecule has 0 fully saturated rings. The molecule has 1 N–H and O–H groups in total. The Hall–Kier alpha value is -2.25. The Morgan fingerprint density at radius 2 is 2.44 bits per heavy atom.